The predicted molar refractivity (Wildman–Crippen MR) is 66.8 cm³/mol. The van der Waals surface area contributed by atoms with Crippen molar-refractivity contribution < 1.29 is 18.3 Å². The van der Waals surface area contributed by atoms with Crippen LogP contribution in [0.3, 0.4) is 0 Å². The third-order valence-electron chi connectivity index (χ3n) is 2.67. The molecule has 0 aromatic carbocycles. The van der Waals surface area contributed by atoms with E-state index in [1.54, 1.807) is 12.1 Å². The molecule has 94 valence electrons. The summed E-state index contributed by atoms with van der Waals surface area (Å²) in [6.45, 7) is 1.11. The molecule has 2 heterocycles. The molecule has 1 fully saturated rings. The van der Waals surface area contributed by atoms with Crippen molar-refractivity contribution >= 4 is 32.1 Å². The van der Waals surface area contributed by atoms with E-state index >= 15 is 0 Å². The molecule has 0 bridgehead atoms. The van der Waals surface area contributed by atoms with Crippen LogP contribution in [-0.2, 0) is 9.84 Å². The van der Waals surface area contributed by atoms with Gasteiger partial charge in [0.2, 0.25) is 0 Å². The van der Waals surface area contributed by atoms with Crippen molar-refractivity contribution in [2.45, 2.75) is 6.42 Å². The minimum atomic E-state index is -2.92. The van der Waals surface area contributed by atoms with Gasteiger partial charge in [0.25, 0.3) is 0 Å². The van der Waals surface area contributed by atoms with Crippen molar-refractivity contribution in [2.75, 3.05) is 29.5 Å². The van der Waals surface area contributed by atoms with Gasteiger partial charge < -0.3 is 10.0 Å². The third kappa shape index (κ3) is 2.98. The first kappa shape index (κ1) is 12.4. The first-order valence-corrected chi connectivity index (χ1v) is 7.90. The number of anilines is 1. The van der Waals surface area contributed by atoms with Crippen molar-refractivity contribution in [1.82, 2.24) is 0 Å². The standard InChI is InChI=1S/C10H13NO4S2/c12-10(13)8-2-3-9(16-8)11-4-1-6-17(14,15)7-5-11/h2-3H,1,4-7H2,(H,12,13). The van der Waals surface area contributed by atoms with Gasteiger partial charge in [0, 0.05) is 13.1 Å². The number of thiophene rings is 1. The molecule has 1 aromatic heterocycles. The second-order valence-electron chi connectivity index (χ2n) is 3.94. The Labute approximate surface area is 104 Å². The fourth-order valence-electron chi connectivity index (χ4n) is 1.77. The molecule has 1 aliphatic heterocycles. The fourth-order valence-corrected chi connectivity index (χ4v) is 3.94. The summed E-state index contributed by atoms with van der Waals surface area (Å²) >= 11 is 1.19. The number of hydrogen-bond acceptors (Lipinski definition) is 5. The van der Waals surface area contributed by atoms with E-state index in [0.717, 1.165) is 5.00 Å². The first-order valence-electron chi connectivity index (χ1n) is 5.26. The van der Waals surface area contributed by atoms with Gasteiger partial charge in [0.15, 0.2) is 9.84 Å². The van der Waals surface area contributed by atoms with E-state index in [0.29, 0.717) is 19.5 Å². The molecular formula is C10H13NO4S2. The molecule has 17 heavy (non-hydrogen) atoms. The summed E-state index contributed by atoms with van der Waals surface area (Å²) in [5.74, 6) is -0.572. The highest BCUT2D eigenvalue weighted by Gasteiger charge is 2.20. The van der Waals surface area contributed by atoms with E-state index in [-0.39, 0.29) is 16.4 Å². The maximum Gasteiger partial charge on any atom is 0.345 e. The average molecular weight is 275 g/mol. The van der Waals surface area contributed by atoms with Crippen LogP contribution in [0, 0.1) is 0 Å². The van der Waals surface area contributed by atoms with Gasteiger partial charge >= 0.3 is 5.97 Å². The van der Waals surface area contributed by atoms with E-state index < -0.39 is 15.8 Å². The van der Waals surface area contributed by atoms with Crippen LogP contribution in [0.4, 0.5) is 5.00 Å². The summed E-state index contributed by atoms with van der Waals surface area (Å²) in [4.78, 5) is 13.0. The van der Waals surface area contributed by atoms with E-state index in [1.165, 1.54) is 11.3 Å². The van der Waals surface area contributed by atoms with Gasteiger partial charge in [-0.2, -0.15) is 0 Å². The molecular weight excluding hydrogens is 262 g/mol. The van der Waals surface area contributed by atoms with E-state index in [9.17, 15) is 13.2 Å². The molecule has 0 spiro atoms. The molecule has 5 nitrogen and oxygen atoms in total. The molecule has 1 aliphatic rings. The SMILES string of the molecule is O=C(O)c1ccc(N2CCCS(=O)(=O)CC2)s1. The van der Waals surface area contributed by atoms with Crippen molar-refractivity contribution in [2.24, 2.45) is 0 Å². The molecule has 0 unspecified atom stereocenters. The second kappa shape index (κ2) is 4.66. The normalized spacial score (nSPS) is 19.9. The highest BCUT2D eigenvalue weighted by atomic mass is 32.2. The Kier molecular flexibility index (Phi) is 3.39. The number of hydrogen-bond donors (Lipinski definition) is 1. The van der Waals surface area contributed by atoms with Crippen molar-refractivity contribution in [3.63, 3.8) is 0 Å². The summed E-state index contributed by atoms with van der Waals surface area (Å²) in [5, 5.41) is 9.66. The lowest BCUT2D eigenvalue weighted by molar-refractivity contribution is 0.0702. The van der Waals surface area contributed by atoms with Gasteiger partial charge in [0.1, 0.15) is 4.88 Å². The average Bonchev–Trinajstić information content (AvgIpc) is 2.65. The lowest BCUT2D eigenvalue weighted by Gasteiger charge is -2.19. The number of carboxylic acids is 1. The number of rotatable bonds is 2. The number of aromatic carboxylic acids is 1. The van der Waals surface area contributed by atoms with Gasteiger partial charge in [-0.25, -0.2) is 13.2 Å². The highest BCUT2D eigenvalue weighted by Crippen LogP contribution is 2.27. The Morgan fingerprint density at radius 2 is 2.06 bits per heavy atom. The van der Waals surface area contributed by atoms with E-state index in [1.807, 2.05) is 4.90 Å². The zero-order chi connectivity index (χ0) is 12.5. The quantitative estimate of drug-likeness (QED) is 0.874. The molecule has 0 saturated carbocycles. The Morgan fingerprint density at radius 1 is 1.29 bits per heavy atom. The fraction of sp³-hybridized carbons (Fsp3) is 0.500. The lowest BCUT2D eigenvalue weighted by Crippen LogP contribution is -2.25. The van der Waals surface area contributed by atoms with Crippen molar-refractivity contribution in [3.05, 3.63) is 17.0 Å². The maximum absolute atomic E-state index is 11.4. The number of carbonyl (C=O) groups is 1. The topological polar surface area (TPSA) is 74.7 Å². The Balaban J connectivity index is 2.14. The summed E-state index contributed by atoms with van der Waals surface area (Å²) < 4.78 is 22.9. The maximum atomic E-state index is 11.4. The Bertz CT molecular complexity index is 520. The second-order valence-corrected chi connectivity index (χ2v) is 7.30. The number of carboxylic acid groups (broad SMARTS) is 1. The predicted octanol–water partition coefficient (Wildman–Crippen LogP) is 1.07. The molecule has 7 heteroatoms. The first-order chi connectivity index (χ1) is 7.98. The van der Waals surface area contributed by atoms with Crippen molar-refractivity contribution in [1.29, 1.82) is 0 Å². The van der Waals surface area contributed by atoms with Gasteiger partial charge in [-0.1, -0.05) is 0 Å². The van der Waals surface area contributed by atoms with Crippen LogP contribution in [0.5, 0.6) is 0 Å². The van der Waals surface area contributed by atoms with Crippen LogP contribution >= 0.6 is 11.3 Å². The number of nitrogens with zero attached hydrogens (tertiary/aromatic N) is 1. The Hall–Kier alpha value is -1.08. The van der Waals surface area contributed by atoms with Crippen LogP contribution in [0.2, 0.25) is 0 Å². The summed E-state index contributed by atoms with van der Waals surface area (Å²) in [7, 11) is -2.92. The molecule has 1 N–H and O–H groups in total. The summed E-state index contributed by atoms with van der Waals surface area (Å²) in [6.07, 6.45) is 0.600. The molecule has 0 amide bonds. The minimum Gasteiger partial charge on any atom is -0.477 e. The van der Waals surface area contributed by atoms with Crippen LogP contribution in [0.25, 0.3) is 0 Å². The molecule has 0 aliphatic carbocycles. The zero-order valence-electron chi connectivity index (χ0n) is 9.13. The zero-order valence-corrected chi connectivity index (χ0v) is 10.8. The molecule has 2 rings (SSSR count). The largest absolute Gasteiger partial charge is 0.477 e. The van der Waals surface area contributed by atoms with E-state index in [2.05, 4.69) is 0 Å². The lowest BCUT2D eigenvalue weighted by atomic mass is 10.4. The van der Waals surface area contributed by atoms with Crippen LogP contribution in [0.15, 0.2) is 12.1 Å². The number of sulfone groups is 1. The van der Waals surface area contributed by atoms with Crippen LogP contribution in [0.1, 0.15) is 16.1 Å². The van der Waals surface area contributed by atoms with Gasteiger partial charge in [-0.15, -0.1) is 11.3 Å². The Morgan fingerprint density at radius 3 is 2.71 bits per heavy atom. The smallest absolute Gasteiger partial charge is 0.345 e. The van der Waals surface area contributed by atoms with Crippen LogP contribution < -0.4 is 4.90 Å². The third-order valence-corrected chi connectivity index (χ3v) is 5.52. The molecule has 1 saturated heterocycles. The van der Waals surface area contributed by atoms with Crippen molar-refractivity contribution in [3.8, 4) is 0 Å². The van der Waals surface area contributed by atoms with Gasteiger partial charge in [-0.05, 0) is 18.6 Å². The van der Waals surface area contributed by atoms with Crippen LogP contribution in [-0.4, -0.2) is 44.1 Å². The highest BCUT2D eigenvalue weighted by molar-refractivity contribution is 7.91. The molecule has 1 aromatic rings. The molecule has 0 radical (unpaired) electrons. The monoisotopic (exact) mass is 275 g/mol. The molecule has 0 atom stereocenters. The summed E-state index contributed by atoms with van der Waals surface area (Å²) in [5.41, 5.74) is 0. The minimum absolute atomic E-state index is 0.146. The summed E-state index contributed by atoms with van der Waals surface area (Å²) in [6, 6.07) is 3.30. The van der Waals surface area contributed by atoms with Gasteiger partial charge in [-0.3, -0.25) is 0 Å². The van der Waals surface area contributed by atoms with Gasteiger partial charge in [0.05, 0.1) is 16.5 Å². The van der Waals surface area contributed by atoms with E-state index in [4.69, 9.17) is 5.11 Å².